The van der Waals surface area contributed by atoms with Gasteiger partial charge in [-0.15, -0.1) is 0 Å². The molecule has 0 aromatic carbocycles. The monoisotopic (exact) mass is 414 g/mol. The van der Waals surface area contributed by atoms with Gasteiger partial charge in [-0.05, 0) is 110 Å². The SMILES string of the molecule is CCC(CC[C@@H](C)[C@H]1CC[C@H]2[C@@H]3CC[C@@H]4CC(=O)CC[C@]4(C)[C@H]3CC[C@]12C)C(C)C. The molecule has 0 bridgehead atoms. The van der Waals surface area contributed by atoms with E-state index in [0.717, 1.165) is 54.3 Å². The fraction of sp³-hybridized carbons (Fsp3) is 0.966. The Balaban J connectivity index is 1.45. The van der Waals surface area contributed by atoms with Crippen LogP contribution >= 0.6 is 0 Å². The Labute approximate surface area is 187 Å². The average molecular weight is 415 g/mol. The lowest BCUT2D eigenvalue weighted by Crippen LogP contribution is -2.53. The zero-order valence-electron chi connectivity index (χ0n) is 21.0. The summed E-state index contributed by atoms with van der Waals surface area (Å²) < 4.78 is 0. The van der Waals surface area contributed by atoms with Crippen molar-refractivity contribution >= 4 is 5.78 Å². The van der Waals surface area contributed by atoms with Gasteiger partial charge < -0.3 is 0 Å². The summed E-state index contributed by atoms with van der Waals surface area (Å²) in [6.45, 7) is 15.1. The molecule has 0 amide bonds. The van der Waals surface area contributed by atoms with Crippen LogP contribution in [-0.2, 0) is 4.79 Å². The predicted molar refractivity (Wildman–Crippen MR) is 127 cm³/mol. The highest BCUT2D eigenvalue weighted by molar-refractivity contribution is 5.79. The molecule has 0 radical (unpaired) electrons. The molecular formula is C29H50O. The van der Waals surface area contributed by atoms with Gasteiger partial charge in [0.1, 0.15) is 5.78 Å². The minimum absolute atomic E-state index is 0.466. The van der Waals surface area contributed by atoms with Crippen molar-refractivity contribution in [1.29, 1.82) is 0 Å². The Morgan fingerprint density at radius 1 is 0.900 bits per heavy atom. The topological polar surface area (TPSA) is 17.1 Å². The van der Waals surface area contributed by atoms with E-state index >= 15 is 0 Å². The minimum Gasteiger partial charge on any atom is -0.300 e. The van der Waals surface area contributed by atoms with Crippen molar-refractivity contribution in [3.8, 4) is 0 Å². The molecule has 30 heavy (non-hydrogen) atoms. The molecule has 0 spiro atoms. The summed E-state index contributed by atoms with van der Waals surface area (Å²) in [6, 6.07) is 0. The Kier molecular flexibility index (Phi) is 6.51. The van der Waals surface area contributed by atoms with Gasteiger partial charge in [0, 0.05) is 12.8 Å². The molecule has 0 N–H and O–H groups in total. The van der Waals surface area contributed by atoms with Gasteiger partial charge in [0.15, 0.2) is 0 Å². The van der Waals surface area contributed by atoms with Crippen LogP contribution in [0.15, 0.2) is 0 Å². The third-order valence-electron chi connectivity index (χ3n) is 11.7. The first kappa shape index (κ1) is 22.8. The largest absolute Gasteiger partial charge is 0.300 e. The van der Waals surface area contributed by atoms with Crippen LogP contribution in [0.3, 0.4) is 0 Å². The summed E-state index contributed by atoms with van der Waals surface area (Å²) in [7, 11) is 0. The van der Waals surface area contributed by atoms with Crippen molar-refractivity contribution in [2.75, 3.05) is 0 Å². The summed E-state index contributed by atoms with van der Waals surface area (Å²) in [6.07, 6.45) is 15.8. The van der Waals surface area contributed by atoms with E-state index in [-0.39, 0.29) is 0 Å². The van der Waals surface area contributed by atoms with Crippen molar-refractivity contribution in [2.24, 2.45) is 58.2 Å². The van der Waals surface area contributed by atoms with E-state index in [4.69, 9.17) is 0 Å². The molecule has 0 heterocycles. The van der Waals surface area contributed by atoms with E-state index in [0.29, 0.717) is 22.5 Å². The van der Waals surface area contributed by atoms with E-state index in [9.17, 15) is 4.79 Å². The fourth-order valence-corrected chi connectivity index (χ4v) is 9.71. The Morgan fingerprint density at radius 2 is 1.63 bits per heavy atom. The molecule has 1 unspecified atom stereocenters. The van der Waals surface area contributed by atoms with E-state index in [1.165, 1.54) is 64.2 Å². The highest BCUT2D eigenvalue weighted by Gasteiger charge is 2.60. The lowest BCUT2D eigenvalue weighted by Gasteiger charge is -2.60. The van der Waals surface area contributed by atoms with E-state index in [1.807, 2.05) is 0 Å². The third-order valence-corrected chi connectivity index (χ3v) is 11.7. The number of fused-ring (bicyclic) bond motifs is 5. The van der Waals surface area contributed by atoms with E-state index < -0.39 is 0 Å². The van der Waals surface area contributed by atoms with Crippen molar-refractivity contribution in [1.82, 2.24) is 0 Å². The van der Waals surface area contributed by atoms with Gasteiger partial charge in [-0.1, -0.05) is 54.4 Å². The molecule has 0 aliphatic heterocycles. The molecule has 0 aromatic heterocycles. The molecule has 4 saturated carbocycles. The molecule has 1 heteroatoms. The van der Waals surface area contributed by atoms with Crippen molar-refractivity contribution in [2.45, 2.75) is 119 Å². The number of rotatable bonds is 6. The number of carbonyl (C=O) groups excluding carboxylic acids is 1. The maximum Gasteiger partial charge on any atom is 0.133 e. The maximum atomic E-state index is 12.1. The first-order chi connectivity index (χ1) is 14.2. The van der Waals surface area contributed by atoms with Crippen molar-refractivity contribution in [3.05, 3.63) is 0 Å². The second-order valence-electron chi connectivity index (χ2n) is 13.1. The fourth-order valence-electron chi connectivity index (χ4n) is 9.71. The van der Waals surface area contributed by atoms with Crippen molar-refractivity contribution in [3.63, 3.8) is 0 Å². The first-order valence-electron chi connectivity index (χ1n) is 13.7. The molecule has 9 atom stereocenters. The number of hydrogen-bond donors (Lipinski definition) is 0. The lowest BCUT2D eigenvalue weighted by molar-refractivity contribution is -0.140. The molecule has 4 fully saturated rings. The quantitative estimate of drug-likeness (QED) is 0.427. The summed E-state index contributed by atoms with van der Waals surface area (Å²) in [5, 5.41) is 0. The van der Waals surface area contributed by atoms with Crippen molar-refractivity contribution < 1.29 is 4.79 Å². The number of carbonyl (C=O) groups is 1. The second kappa shape index (κ2) is 8.55. The normalized spacial score (nSPS) is 45.6. The van der Waals surface area contributed by atoms with Crippen LogP contribution in [0.5, 0.6) is 0 Å². The molecule has 1 nitrogen and oxygen atoms in total. The number of ketones is 1. The summed E-state index contributed by atoms with van der Waals surface area (Å²) in [5.74, 6) is 7.67. The smallest absolute Gasteiger partial charge is 0.133 e. The number of hydrogen-bond acceptors (Lipinski definition) is 1. The summed E-state index contributed by atoms with van der Waals surface area (Å²) >= 11 is 0. The predicted octanol–water partition coefficient (Wildman–Crippen LogP) is 8.31. The second-order valence-corrected chi connectivity index (χ2v) is 13.1. The minimum atomic E-state index is 0.466. The van der Waals surface area contributed by atoms with Crippen LogP contribution in [0.2, 0.25) is 0 Å². The third kappa shape index (κ3) is 3.73. The van der Waals surface area contributed by atoms with Crippen LogP contribution in [0.25, 0.3) is 0 Å². The highest BCUT2D eigenvalue weighted by Crippen LogP contribution is 2.68. The Hall–Kier alpha value is -0.330. The highest BCUT2D eigenvalue weighted by atomic mass is 16.1. The van der Waals surface area contributed by atoms with Crippen LogP contribution in [-0.4, -0.2) is 5.78 Å². The molecule has 172 valence electrons. The Morgan fingerprint density at radius 3 is 2.33 bits per heavy atom. The Bertz CT molecular complexity index is 622. The van der Waals surface area contributed by atoms with Gasteiger partial charge in [-0.25, -0.2) is 0 Å². The van der Waals surface area contributed by atoms with Crippen LogP contribution in [0, 0.1) is 58.2 Å². The first-order valence-corrected chi connectivity index (χ1v) is 13.7. The molecule has 0 aromatic rings. The zero-order chi connectivity index (χ0) is 21.7. The van der Waals surface area contributed by atoms with Gasteiger partial charge in [-0.2, -0.15) is 0 Å². The molecule has 4 aliphatic carbocycles. The van der Waals surface area contributed by atoms with Crippen LogP contribution in [0.1, 0.15) is 119 Å². The van der Waals surface area contributed by atoms with Gasteiger partial charge in [0.25, 0.3) is 0 Å². The zero-order valence-corrected chi connectivity index (χ0v) is 21.0. The summed E-state index contributed by atoms with van der Waals surface area (Å²) in [5.41, 5.74) is 1.06. The van der Waals surface area contributed by atoms with E-state index in [1.54, 1.807) is 0 Å². The summed E-state index contributed by atoms with van der Waals surface area (Å²) in [4.78, 5) is 12.1. The van der Waals surface area contributed by atoms with E-state index in [2.05, 4.69) is 41.5 Å². The van der Waals surface area contributed by atoms with Gasteiger partial charge in [-0.3, -0.25) is 4.79 Å². The molecule has 4 aliphatic rings. The molecule has 0 saturated heterocycles. The maximum absolute atomic E-state index is 12.1. The van der Waals surface area contributed by atoms with Gasteiger partial charge in [0.2, 0.25) is 0 Å². The van der Waals surface area contributed by atoms with Gasteiger partial charge >= 0.3 is 0 Å². The standard InChI is InChI=1S/C29H50O/c1-7-21(19(2)3)9-8-20(4)25-12-13-26-24-11-10-22-18-23(30)14-16-28(22,5)27(24)15-17-29(25,26)6/h19-22,24-27H,7-18H2,1-6H3/t20-,21?,22-,24+,25-,26+,27+,28+,29-/m1/s1. The average Bonchev–Trinajstić information content (AvgIpc) is 3.06. The molecule has 4 rings (SSSR count). The van der Waals surface area contributed by atoms with Gasteiger partial charge in [0.05, 0.1) is 0 Å². The lowest BCUT2D eigenvalue weighted by atomic mass is 9.44. The number of Topliss-reactive ketones (excluding diaryl/α,β-unsaturated/α-hetero) is 1. The van der Waals surface area contributed by atoms with Crippen LogP contribution < -0.4 is 0 Å². The molecular weight excluding hydrogens is 364 g/mol. The van der Waals surface area contributed by atoms with Crippen LogP contribution in [0.4, 0.5) is 0 Å².